The molecule has 8 heteroatoms. The standard InChI is InChI=1S/C10H15N5O2S/c1-7(2)15-6-9(4-12-15)14-18(16,17)10-5-11-13-8(10)3/h4-7,14H,1-3H3,(H,11,13). The average molecular weight is 269 g/mol. The van der Waals surface area contributed by atoms with Crippen molar-refractivity contribution in [1.82, 2.24) is 20.0 Å². The van der Waals surface area contributed by atoms with Gasteiger partial charge in [-0.1, -0.05) is 0 Å². The summed E-state index contributed by atoms with van der Waals surface area (Å²) in [7, 11) is -3.61. The molecule has 2 aromatic rings. The first-order chi connectivity index (χ1) is 8.40. The SMILES string of the molecule is Cc1[nH]ncc1S(=O)(=O)Nc1cnn(C(C)C)c1. The van der Waals surface area contributed by atoms with Gasteiger partial charge in [0.2, 0.25) is 0 Å². The number of nitrogens with zero attached hydrogens (tertiary/aromatic N) is 3. The molecular formula is C10H15N5O2S. The molecule has 0 saturated heterocycles. The molecule has 0 unspecified atom stereocenters. The lowest BCUT2D eigenvalue weighted by Crippen LogP contribution is -2.13. The van der Waals surface area contributed by atoms with Crippen molar-refractivity contribution in [2.24, 2.45) is 0 Å². The van der Waals surface area contributed by atoms with Crippen LogP contribution in [0.15, 0.2) is 23.5 Å². The molecule has 98 valence electrons. The third kappa shape index (κ3) is 2.37. The van der Waals surface area contributed by atoms with Crippen LogP contribution >= 0.6 is 0 Å². The molecule has 0 fully saturated rings. The van der Waals surface area contributed by atoms with E-state index in [1.54, 1.807) is 17.8 Å². The zero-order valence-electron chi connectivity index (χ0n) is 10.4. The Bertz CT molecular complexity index is 641. The van der Waals surface area contributed by atoms with Crippen LogP contribution in [-0.2, 0) is 10.0 Å². The topological polar surface area (TPSA) is 92.7 Å². The fraction of sp³-hybridized carbons (Fsp3) is 0.400. The number of aryl methyl sites for hydroxylation is 1. The lowest BCUT2D eigenvalue weighted by atomic mass is 10.4. The summed E-state index contributed by atoms with van der Waals surface area (Å²) in [5.41, 5.74) is 0.933. The summed E-state index contributed by atoms with van der Waals surface area (Å²) < 4.78 is 28.3. The third-order valence-electron chi connectivity index (χ3n) is 2.46. The molecule has 0 aromatic carbocycles. The highest BCUT2D eigenvalue weighted by Crippen LogP contribution is 2.17. The third-order valence-corrected chi connectivity index (χ3v) is 3.95. The van der Waals surface area contributed by atoms with Gasteiger partial charge in [-0.3, -0.25) is 14.5 Å². The van der Waals surface area contributed by atoms with Gasteiger partial charge in [0.25, 0.3) is 10.0 Å². The smallest absolute Gasteiger partial charge is 0.265 e. The summed E-state index contributed by atoms with van der Waals surface area (Å²) in [5, 5.41) is 10.4. The molecule has 2 N–H and O–H groups in total. The van der Waals surface area contributed by atoms with Crippen molar-refractivity contribution in [3.05, 3.63) is 24.3 Å². The van der Waals surface area contributed by atoms with Gasteiger partial charge in [-0.15, -0.1) is 0 Å². The predicted molar refractivity (Wildman–Crippen MR) is 66.7 cm³/mol. The number of aromatic nitrogens is 4. The molecule has 7 nitrogen and oxygen atoms in total. The van der Waals surface area contributed by atoms with Crippen molar-refractivity contribution in [3.63, 3.8) is 0 Å². The summed E-state index contributed by atoms with van der Waals surface area (Å²) in [5.74, 6) is 0. The highest BCUT2D eigenvalue weighted by atomic mass is 32.2. The molecule has 0 aliphatic heterocycles. The number of nitrogens with one attached hydrogen (secondary N) is 2. The molecule has 0 aliphatic carbocycles. The van der Waals surface area contributed by atoms with Gasteiger partial charge in [-0.2, -0.15) is 10.2 Å². The van der Waals surface area contributed by atoms with E-state index in [-0.39, 0.29) is 10.9 Å². The number of hydrogen-bond acceptors (Lipinski definition) is 4. The van der Waals surface area contributed by atoms with Crippen LogP contribution in [0.25, 0.3) is 0 Å². The Morgan fingerprint density at radius 2 is 2.11 bits per heavy atom. The number of hydrogen-bond donors (Lipinski definition) is 2. The zero-order chi connectivity index (χ0) is 13.3. The monoisotopic (exact) mass is 269 g/mol. The van der Waals surface area contributed by atoms with E-state index in [2.05, 4.69) is 20.0 Å². The first-order valence-corrected chi connectivity index (χ1v) is 6.95. The number of sulfonamides is 1. The van der Waals surface area contributed by atoms with Crippen LogP contribution in [0.2, 0.25) is 0 Å². The van der Waals surface area contributed by atoms with E-state index < -0.39 is 10.0 Å². The summed E-state index contributed by atoms with van der Waals surface area (Å²) in [6, 6.07) is 0.180. The first-order valence-electron chi connectivity index (χ1n) is 5.47. The Kier molecular flexibility index (Phi) is 3.12. The van der Waals surface area contributed by atoms with Crippen molar-refractivity contribution < 1.29 is 8.42 Å². The van der Waals surface area contributed by atoms with Gasteiger partial charge >= 0.3 is 0 Å². The number of anilines is 1. The van der Waals surface area contributed by atoms with Gasteiger partial charge in [0.05, 0.1) is 23.8 Å². The zero-order valence-corrected chi connectivity index (χ0v) is 11.2. The maximum absolute atomic E-state index is 12.1. The summed E-state index contributed by atoms with van der Waals surface area (Å²) in [6.45, 7) is 5.58. The predicted octanol–water partition coefficient (Wildman–Crippen LogP) is 1.30. The van der Waals surface area contributed by atoms with E-state index in [4.69, 9.17) is 0 Å². The van der Waals surface area contributed by atoms with E-state index in [1.807, 2.05) is 13.8 Å². The van der Waals surface area contributed by atoms with E-state index >= 15 is 0 Å². The van der Waals surface area contributed by atoms with Gasteiger partial charge in [0.15, 0.2) is 0 Å². The van der Waals surface area contributed by atoms with Crippen molar-refractivity contribution in [3.8, 4) is 0 Å². The van der Waals surface area contributed by atoms with Crippen LogP contribution in [-0.4, -0.2) is 28.4 Å². The van der Waals surface area contributed by atoms with Crippen molar-refractivity contribution in [2.75, 3.05) is 4.72 Å². The lowest BCUT2D eigenvalue weighted by Gasteiger charge is -2.05. The maximum Gasteiger partial charge on any atom is 0.265 e. The molecule has 0 atom stereocenters. The highest BCUT2D eigenvalue weighted by molar-refractivity contribution is 7.92. The van der Waals surface area contributed by atoms with Crippen LogP contribution in [0.5, 0.6) is 0 Å². The van der Waals surface area contributed by atoms with Crippen LogP contribution in [0.1, 0.15) is 25.6 Å². The Morgan fingerprint density at radius 1 is 1.39 bits per heavy atom. The number of aromatic amines is 1. The van der Waals surface area contributed by atoms with E-state index in [0.717, 1.165) is 0 Å². The molecule has 0 spiro atoms. The maximum atomic E-state index is 12.1. The molecule has 0 saturated carbocycles. The Labute approximate surface area is 105 Å². The van der Waals surface area contributed by atoms with Crippen molar-refractivity contribution in [2.45, 2.75) is 31.7 Å². The molecule has 0 radical (unpaired) electrons. The Hall–Kier alpha value is -1.83. The minimum absolute atomic E-state index is 0.139. The normalized spacial score (nSPS) is 12.0. The van der Waals surface area contributed by atoms with Crippen molar-refractivity contribution >= 4 is 15.7 Å². The van der Waals surface area contributed by atoms with Crippen molar-refractivity contribution in [1.29, 1.82) is 0 Å². The van der Waals surface area contributed by atoms with Gasteiger partial charge in [0.1, 0.15) is 4.90 Å². The molecule has 2 rings (SSSR count). The minimum Gasteiger partial charge on any atom is -0.281 e. The molecule has 0 aliphatic rings. The van der Waals surface area contributed by atoms with Gasteiger partial charge in [-0.05, 0) is 20.8 Å². The molecule has 2 heterocycles. The van der Waals surface area contributed by atoms with Gasteiger partial charge < -0.3 is 0 Å². The number of H-pyrrole nitrogens is 1. The van der Waals surface area contributed by atoms with Crippen LogP contribution in [0.4, 0.5) is 5.69 Å². The molecule has 0 amide bonds. The van der Waals surface area contributed by atoms with Crippen LogP contribution in [0.3, 0.4) is 0 Å². The summed E-state index contributed by atoms with van der Waals surface area (Å²) in [6.07, 6.45) is 4.41. The molecule has 18 heavy (non-hydrogen) atoms. The fourth-order valence-corrected chi connectivity index (χ4v) is 2.66. The van der Waals surface area contributed by atoms with E-state index in [0.29, 0.717) is 11.4 Å². The van der Waals surface area contributed by atoms with Crippen LogP contribution < -0.4 is 4.72 Å². The molecule has 0 bridgehead atoms. The summed E-state index contributed by atoms with van der Waals surface area (Å²) >= 11 is 0. The fourth-order valence-electron chi connectivity index (χ4n) is 1.49. The van der Waals surface area contributed by atoms with E-state index in [9.17, 15) is 8.42 Å². The molecular weight excluding hydrogens is 254 g/mol. The lowest BCUT2D eigenvalue weighted by molar-refractivity contribution is 0.532. The second-order valence-corrected chi connectivity index (χ2v) is 5.92. The summed E-state index contributed by atoms with van der Waals surface area (Å²) in [4.78, 5) is 0.139. The minimum atomic E-state index is -3.61. The molecule has 2 aromatic heterocycles. The number of rotatable bonds is 4. The van der Waals surface area contributed by atoms with Crippen LogP contribution in [0, 0.1) is 6.92 Å². The Balaban J connectivity index is 2.25. The quantitative estimate of drug-likeness (QED) is 0.874. The largest absolute Gasteiger partial charge is 0.281 e. The van der Waals surface area contributed by atoms with Gasteiger partial charge in [-0.25, -0.2) is 8.42 Å². The Morgan fingerprint density at radius 3 is 2.61 bits per heavy atom. The van der Waals surface area contributed by atoms with Gasteiger partial charge in [0, 0.05) is 12.2 Å². The second kappa shape index (κ2) is 4.45. The highest BCUT2D eigenvalue weighted by Gasteiger charge is 2.19. The van der Waals surface area contributed by atoms with E-state index in [1.165, 1.54) is 12.4 Å². The first kappa shape index (κ1) is 12.6. The second-order valence-electron chi connectivity index (χ2n) is 4.27. The average Bonchev–Trinajstić information content (AvgIpc) is 2.86.